The first-order valence-electron chi connectivity index (χ1n) is 9.00. The van der Waals surface area contributed by atoms with Crippen LogP contribution in [0.25, 0.3) is 0 Å². The summed E-state index contributed by atoms with van der Waals surface area (Å²) >= 11 is 1.58. The Morgan fingerprint density at radius 2 is 1.93 bits per heavy atom. The van der Waals surface area contributed by atoms with Gasteiger partial charge in [0, 0.05) is 42.2 Å². The van der Waals surface area contributed by atoms with E-state index < -0.39 is 0 Å². The molecule has 1 fully saturated rings. The van der Waals surface area contributed by atoms with E-state index >= 15 is 0 Å². The van der Waals surface area contributed by atoms with Gasteiger partial charge < -0.3 is 15.5 Å². The van der Waals surface area contributed by atoms with E-state index in [0.29, 0.717) is 30.8 Å². The number of hydrogen-bond donors (Lipinski definition) is 2. The lowest BCUT2D eigenvalue weighted by molar-refractivity contribution is -0.121. The van der Waals surface area contributed by atoms with E-state index in [4.69, 9.17) is 0 Å². The summed E-state index contributed by atoms with van der Waals surface area (Å²) in [5, 5.41) is 7.73. The molecule has 2 aromatic rings. The van der Waals surface area contributed by atoms with Crippen molar-refractivity contribution in [1.82, 2.24) is 10.2 Å². The van der Waals surface area contributed by atoms with E-state index in [-0.39, 0.29) is 23.8 Å². The lowest BCUT2D eigenvalue weighted by atomic mass is 10.0. The predicted molar refractivity (Wildman–Crippen MR) is 106 cm³/mol. The smallest absolute Gasteiger partial charge is 0.253 e. The molecule has 0 saturated carbocycles. The largest absolute Gasteiger partial charge is 0.353 e. The van der Waals surface area contributed by atoms with Gasteiger partial charge in [0.15, 0.2) is 0 Å². The van der Waals surface area contributed by atoms with Gasteiger partial charge in [0.25, 0.3) is 5.91 Å². The standard InChI is InChI=1S/C20H23N3O3S/c1-14(24)21-17-5-2-4-15(12-17)20(26)23-9-7-16(8-10-23)22-19(25)13-18-6-3-11-27-18/h2-6,11-12,16H,7-10,13H2,1H3,(H,21,24)(H,22,25). The molecule has 7 heteroatoms. The van der Waals surface area contributed by atoms with Gasteiger partial charge in [0.05, 0.1) is 6.42 Å². The highest BCUT2D eigenvalue weighted by Gasteiger charge is 2.24. The van der Waals surface area contributed by atoms with E-state index in [1.54, 1.807) is 40.5 Å². The molecule has 1 aliphatic rings. The molecular formula is C20H23N3O3S. The Hall–Kier alpha value is -2.67. The number of amides is 3. The Morgan fingerprint density at radius 3 is 2.59 bits per heavy atom. The van der Waals surface area contributed by atoms with E-state index in [1.807, 2.05) is 17.5 Å². The molecule has 2 N–H and O–H groups in total. The Kier molecular flexibility index (Phi) is 6.24. The summed E-state index contributed by atoms with van der Waals surface area (Å²) in [7, 11) is 0. The molecule has 3 amide bonds. The summed E-state index contributed by atoms with van der Waals surface area (Å²) in [5.41, 5.74) is 1.17. The molecule has 1 aromatic carbocycles. The van der Waals surface area contributed by atoms with Crippen molar-refractivity contribution in [1.29, 1.82) is 0 Å². The molecule has 1 aliphatic heterocycles. The number of carbonyl (C=O) groups is 3. The molecule has 3 rings (SSSR count). The third-order valence-corrected chi connectivity index (χ3v) is 5.37. The lowest BCUT2D eigenvalue weighted by Gasteiger charge is -2.32. The zero-order valence-electron chi connectivity index (χ0n) is 15.2. The molecule has 0 bridgehead atoms. The molecule has 27 heavy (non-hydrogen) atoms. The van der Waals surface area contributed by atoms with Crippen molar-refractivity contribution in [2.75, 3.05) is 18.4 Å². The summed E-state index contributed by atoms with van der Waals surface area (Å²) in [6.07, 6.45) is 1.90. The minimum absolute atomic E-state index is 0.0326. The summed E-state index contributed by atoms with van der Waals surface area (Å²) in [5.74, 6) is -0.186. The van der Waals surface area contributed by atoms with Crippen LogP contribution in [0.15, 0.2) is 41.8 Å². The fourth-order valence-corrected chi connectivity index (χ4v) is 3.90. The fraction of sp³-hybridized carbons (Fsp3) is 0.350. The van der Waals surface area contributed by atoms with Gasteiger partial charge in [0.2, 0.25) is 11.8 Å². The highest BCUT2D eigenvalue weighted by atomic mass is 32.1. The van der Waals surface area contributed by atoms with Crippen molar-refractivity contribution in [2.24, 2.45) is 0 Å². The molecule has 1 saturated heterocycles. The number of thiophene rings is 1. The van der Waals surface area contributed by atoms with Crippen molar-refractivity contribution in [3.8, 4) is 0 Å². The van der Waals surface area contributed by atoms with Crippen LogP contribution in [-0.4, -0.2) is 41.8 Å². The van der Waals surface area contributed by atoms with Gasteiger partial charge in [0.1, 0.15) is 0 Å². The van der Waals surface area contributed by atoms with Crippen LogP contribution in [0.3, 0.4) is 0 Å². The third-order valence-electron chi connectivity index (χ3n) is 4.49. The highest BCUT2D eigenvalue weighted by molar-refractivity contribution is 7.10. The summed E-state index contributed by atoms with van der Waals surface area (Å²) in [6.45, 7) is 2.65. The van der Waals surface area contributed by atoms with Crippen LogP contribution in [0.1, 0.15) is 35.0 Å². The SMILES string of the molecule is CC(=O)Nc1cccc(C(=O)N2CCC(NC(=O)Cc3cccs3)CC2)c1. The van der Waals surface area contributed by atoms with Crippen LogP contribution < -0.4 is 10.6 Å². The van der Waals surface area contributed by atoms with Crippen LogP contribution >= 0.6 is 11.3 Å². The van der Waals surface area contributed by atoms with Crippen LogP contribution in [0, 0.1) is 0 Å². The van der Waals surface area contributed by atoms with Crippen LogP contribution in [-0.2, 0) is 16.0 Å². The number of piperidine rings is 1. The first kappa shape index (κ1) is 19.1. The summed E-state index contributed by atoms with van der Waals surface area (Å²) in [4.78, 5) is 38.9. The molecule has 0 radical (unpaired) electrons. The number of anilines is 1. The Bertz CT molecular complexity index is 812. The van der Waals surface area contributed by atoms with Gasteiger partial charge in [-0.2, -0.15) is 0 Å². The van der Waals surface area contributed by atoms with Crippen molar-refractivity contribution < 1.29 is 14.4 Å². The van der Waals surface area contributed by atoms with Gasteiger partial charge in [-0.15, -0.1) is 11.3 Å². The Morgan fingerprint density at radius 1 is 1.15 bits per heavy atom. The molecule has 1 aromatic heterocycles. The topological polar surface area (TPSA) is 78.5 Å². The Labute approximate surface area is 162 Å². The number of likely N-dealkylation sites (tertiary alicyclic amines) is 1. The number of carbonyl (C=O) groups excluding carboxylic acids is 3. The maximum Gasteiger partial charge on any atom is 0.253 e. The number of benzene rings is 1. The third kappa shape index (κ3) is 5.40. The van der Waals surface area contributed by atoms with Crippen molar-refractivity contribution in [3.05, 3.63) is 52.2 Å². The predicted octanol–water partition coefficient (Wildman–Crippen LogP) is 2.67. The van der Waals surface area contributed by atoms with E-state index in [9.17, 15) is 14.4 Å². The molecule has 2 heterocycles. The second-order valence-electron chi connectivity index (χ2n) is 6.65. The first-order chi connectivity index (χ1) is 13.0. The monoisotopic (exact) mass is 385 g/mol. The zero-order chi connectivity index (χ0) is 19.2. The maximum absolute atomic E-state index is 12.7. The molecule has 0 spiro atoms. The molecule has 0 atom stereocenters. The first-order valence-corrected chi connectivity index (χ1v) is 9.88. The molecular weight excluding hydrogens is 362 g/mol. The van der Waals surface area contributed by atoms with E-state index in [2.05, 4.69) is 10.6 Å². The maximum atomic E-state index is 12.7. The normalized spacial score (nSPS) is 14.6. The number of hydrogen-bond acceptors (Lipinski definition) is 4. The summed E-state index contributed by atoms with van der Waals surface area (Å²) < 4.78 is 0. The van der Waals surface area contributed by atoms with Gasteiger partial charge >= 0.3 is 0 Å². The Balaban J connectivity index is 1.50. The lowest BCUT2D eigenvalue weighted by Crippen LogP contribution is -2.46. The van der Waals surface area contributed by atoms with Gasteiger partial charge in [-0.05, 0) is 42.5 Å². The van der Waals surface area contributed by atoms with Crippen molar-refractivity contribution >= 4 is 34.7 Å². The van der Waals surface area contributed by atoms with Crippen molar-refractivity contribution in [3.63, 3.8) is 0 Å². The average Bonchev–Trinajstić information content (AvgIpc) is 3.14. The molecule has 0 aliphatic carbocycles. The second kappa shape index (κ2) is 8.81. The number of nitrogens with one attached hydrogen (secondary N) is 2. The number of nitrogens with zero attached hydrogens (tertiary/aromatic N) is 1. The fourth-order valence-electron chi connectivity index (χ4n) is 3.19. The van der Waals surface area contributed by atoms with Crippen LogP contribution in [0.2, 0.25) is 0 Å². The molecule has 6 nitrogen and oxygen atoms in total. The quantitative estimate of drug-likeness (QED) is 0.831. The summed E-state index contributed by atoms with van der Waals surface area (Å²) in [6, 6.07) is 11.0. The van der Waals surface area contributed by atoms with E-state index in [0.717, 1.165) is 17.7 Å². The van der Waals surface area contributed by atoms with Crippen LogP contribution in [0.5, 0.6) is 0 Å². The number of rotatable bonds is 5. The van der Waals surface area contributed by atoms with E-state index in [1.165, 1.54) is 6.92 Å². The minimum atomic E-state index is -0.168. The zero-order valence-corrected chi connectivity index (χ0v) is 16.1. The highest BCUT2D eigenvalue weighted by Crippen LogP contribution is 2.17. The average molecular weight is 385 g/mol. The minimum Gasteiger partial charge on any atom is -0.353 e. The van der Waals surface area contributed by atoms with Gasteiger partial charge in [-0.3, -0.25) is 14.4 Å². The van der Waals surface area contributed by atoms with Gasteiger partial charge in [-0.25, -0.2) is 0 Å². The molecule has 0 unspecified atom stereocenters. The van der Waals surface area contributed by atoms with Crippen molar-refractivity contribution in [2.45, 2.75) is 32.2 Å². The second-order valence-corrected chi connectivity index (χ2v) is 7.68. The van der Waals surface area contributed by atoms with Crippen LogP contribution in [0.4, 0.5) is 5.69 Å². The van der Waals surface area contributed by atoms with Gasteiger partial charge in [-0.1, -0.05) is 12.1 Å². The molecule has 142 valence electrons.